The van der Waals surface area contributed by atoms with Crippen molar-refractivity contribution < 1.29 is 19.7 Å². The maximum Gasteiger partial charge on any atom is 0.345 e. The van der Waals surface area contributed by atoms with Crippen molar-refractivity contribution in [1.29, 1.82) is 0 Å². The van der Waals surface area contributed by atoms with E-state index in [-0.39, 0.29) is 11.3 Å². The number of carbonyl (C=O) groups is 1. The number of hydrogen-bond acceptors (Lipinski definition) is 5. The van der Waals surface area contributed by atoms with Gasteiger partial charge in [0.15, 0.2) is 11.4 Å². The van der Waals surface area contributed by atoms with Crippen LogP contribution in [0.1, 0.15) is 42.6 Å². The molecule has 0 saturated heterocycles. The lowest BCUT2D eigenvalue weighted by Crippen LogP contribution is -2.31. The molecule has 1 unspecified atom stereocenters. The van der Waals surface area contributed by atoms with Crippen molar-refractivity contribution >= 4 is 17.0 Å². The summed E-state index contributed by atoms with van der Waals surface area (Å²) in [6.07, 6.45) is 0. The molecular weight excluding hydrogens is 362 g/mol. The number of aromatic amines is 1. The molecule has 2 aromatic heterocycles. The van der Waals surface area contributed by atoms with Gasteiger partial charge < -0.3 is 24.5 Å². The number of ether oxygens (including phenoxy) is 1. The van der Waals surface area contributed by atoms with Crippen molar-refractivity contribution in [2.24, 2.45) is 5.41 Å². The smallest absolute Gasteiger partial charge is 0.345 e. The van der Waals surface area contributed by atoms with E-state index in [2.05, 4.69) is 9.97 Å². The Balaban J connectivity index is 2.13. The summed E-state index contributed by atoms with van der Waals surface area (Å²) in [7, 11) is 1.56. The van der Waals surface area contributed by atoms with E-state index >= 15 is 0 Å². The lowest BCUT2D eigenvalue weighted by Gasteiger charge is -2.36. The average Bonchev–Trinajstić information content (AvgIpc) is 2.98. The molecule has 1 atom stereocenters. The number of nitrogens with zero attached hydrogens (tertiary/aromatic N) is 2. The maximum absolute atomic E-state index is 12.4. The van der Waals surface area contributed by atoms with Crippen LogP contribution >= 0.6 is 0 Å². The number of para-hydroxylation sites is 1. The van der Waals surface area contributed by atoms with Crippen LogP contribution in [-0.2, 0) is 6.54 Å². The fourth-order valence-corrected chi connectivity index (χ4v) is 3.96. The van der Waals surface area contributed by atoms with E-state index in [0.717, 1.165) is 5.52 Å². The summed E-state index contributed by atoms with van der Waals surface area (Å²) in [4.78, 5) is 31.2. The molecule has 0 aliphatic carbocycles. The van der Waals surface area contributed by atoms with Crippen molar-refractivity contribution in [3.05, 3.63) is 39.7 Å². The van der Waals surface area contributed by atoms with Gasteiger partial charge in [0.25, 0.3) is 5.56 Å². The molecule has 8 nitrogen and oxygen atoms in total. The molecular formula is C20H21N3O5. The van der Waals surface area contributed by atoms with E-state index in [1.807, 2.05) is 37.5 Å². The highest BCUT2D eigenvalue weighted by Gasteiger charge is 2.39. The number of fused-ring (bicyclic) bond motifs is 5. The third-order valence-corrected chi connectivity index (χ3v) is 5.39. The molecule has 1 aliphatic rings. The van der Waals surface area contributed by atoms with Gasteiger partial charge in [-0.1, -0.05) is 26.8 Å². The van der Waals surface area contributed by atoms with Crippen LogP contribution in [0.2, 0.25) is 0 Å². The summed E-state index contributed by atoms with van der Waals surface area (Å²) < 4.78 is 7.39. The van der Waals surface area contributed by atoms with Gasteiger partial charge in [0, 0.05) is 18.0 Å². The summed E-state index contributed by atoms with van der Waals surface area (Å²) >= 11 is 0. The second kappa shape index (κ2) is 5.85. The van der Waals surface area contributed by atoms with Gasteiger partial charge in [-0.3, -0.25) is 4.79 Å². The molecule has 0 saturated carbocycles. The Kier molecular flexibility index (Phi) is 3.78. The SMILES string of the molecule is COc1cccc2c1nc1n2CC(C(C)(C)C)c2c-1[nH]c(=O)c(C(=O)O)c2O. The summed E-state index contributed by atoms with van der Waals surface area (Å²) in [5.74, 6) is -1.12. The summed E-state index contributed by atoms with van der Waals surface area (Å²) in [5.41, 5.74) is 0.426. The van der Waals surface area contributed by atoms with Gasteiger partial charge in [-0.25, -0.2) is 9.78 Å². The van der Waals surface area contributed by atoms with Crippen LogP contribution in [0.4, 0.5) is 0 Å². The summed E-state index contributed by atoms with van der Waals surface area (Å²) in [6, 6.07) is 5.59. The van der Waals surface area contributed by atoms with E-state index < -0.39 is 22.8 Å². The number of pyridine rings is 1. The number of aromatic nitrogens is 3. The van der Waals surface area contributed by atoms with Gasteiger partial charge in [-0.2, -0.15) is 0 Å². The first-order chi connectivity index (χ1) is 13.1. The lowest BCUT2D eigenvalue weighted by molar-refractivity contribution is 0.0691. The highest BCUT2D eigenvalue weighted by Crippen LogP contribution is 2.49. The second-order valence-electron chi connectivity index (χ2n) is 8.06. The largest absolute Gasteiger partial charge is 0.506 e. The van der Waals surface area contributed by atoms with Gasteiger partial charge in [-0.05, 0) is 17.5 Å². The molecule has 3 N–H and O–H groups in total. The number of nitrogens with one attached hydrogen (secondary N) is 1. The minimum atomic E-state index is -1.46. The number of aromatic carboxylic acids is 1. The Hall–Kier alpha value is -3.29. The predicted molar refractivity (Wildman–Crippen MR) is 103 cm³/mol. The van der Waals surface area contributed by atoms with Crippen molar-refractivity contribution in [2.45, 2.75) is 33.2 Å². The number of benzene rings is 1. The molecule has 28 heavy (non-hydrogen) atoms. The number of H-pyrrole nitrogens is 1. The molecule has 0 bridgehead atoms. The number of imidazole rings is 1. The van der Waals surface area contributed by atoms with Crippen molar-refractivity contribution in [3.8, 4) is 23.0 Å². The zero-order valence-electron chi connectivity index (χ0n) is 16.0. The predicted octanol–water partition coefficient (Wildman–Crippen LogP) is 2.95. The van der Waals surface area contributed by atoms with Crippen molar-refractivity contribution in [2.75, 3.05) is 7.11 Å². The van der Waals surface area contributed by atoms with Crippen LogP contribution in [0.25, 0.3) is 22.6 Å². The third-order valence-electron chi connectivity index (χ3n) is 5.39. The fraction of sp³-hybridized carbons (Fsp3) is 0.350. The first-order valence-electron chi connectivity index (χ1n) is 8.91. The third kappa shape index (κ3) is 2.41. The molecule has 3 aromatic rings. The Bertz CT molecular complexity index is 1180. The molecule has 1 aromatic carbocycles. The van der Waals surface area contributed by atoms with Gasteiger partial charge in [-0.15, -0.1) is 0 Å². The molecule has 1 aliphatic heterocycles. The molecule has 0 radical (unpaired) electrons. The molecule has 0 amide bonds. The van der Waals surface area contributed by atoms with Crippen molar-refractivity contribution in [3.63, 3.8) is 0 Å². The summed E-state index contributed by atoms with van der Waals surface area (Å²) in [5, 5.41) is 20.2. The second-order valence-corrected chi connectivity index (χ2v) is 8.06. The lowest BCUT2D eigenvalue weighted by atomic mass is 9.73. The Morgan fingerprint density at radius 2 is 2.07 bits per heavy atom. The van der Waals surface area contributed by atoms with Crippen LogP contribution in [-0.4, -0.2) is 37.8 Å². The van der Waals surface area contributed by atoms with E-state index in [9.17, 15) is 19.8 Å². The van der Waals surface area contributed by atoms with Crippen LogP contribution < -0.4 is 10.3 Å². The van der Waals surface area contributed by atoms with E-state index in [1.54, 1.807) is 13.2 Å². The summed E-state index contributed by atoms with van der Waals surface area (Å²) in [6.45, 7) is 6.51. The van der Waals surface area contributed by atoms with E-state index in [4.69, 9.17) is 4.74 Å². The Labute approximate surface area is 160 Å². The normalized spacial score (nSPS) is 15.9. The number of methoxy groups -OCH3 is 1. The molecule has 0 spiro atoms. The minimum absolute atomic E-state index is 0.242. The van der Waals surface area contributed by atoms with Crippen LogP contribution in [0.3, 0.4) is 0 Å². The van der Waals surface area contributed by atoms with Crippen LogP contribution in [0.5, 0.6) is 11.5 Å². The molecule has 0 fully saturated rings. The zero-order valence-corrected chi connectivity index (χ0v) is 16.0. The minimum Gasteiger partial charge on any atom is -0.506 e. The fourth-order valence-electron chi connectivity index (χ4n) is 3.96. The highest BCUT2D eigenvalue weighted by molar-refractivity contribution is 5.93. The number of aromatic hydroxyl groups is 1. The van der Waals surface area contributed by atoms with Crippen molar-refractivity contribution in [1.82, 2.24) is 14.5 Å². The number of rotatable bonds is 2. The van der Waals surface area contributed by atoms with E-state index in [1.165, 1.54) is 0 Å². The Morgan fingerprint density at radius 3 is 2.68 bits per heavy atom. The number of carboxylic acid groups (broad SMARTS) is 1. The molecule has 3 heterocycles. The number of carboxylic acids is 1. The van der Waals surface area contributed by atoms with Gasteiger partial charge in [0.2, 0.25) is 0 Å². The van der Waals surface area contributed by atoms with E-state index in [0.29, 0.717) is 34.9 Å². The Morgan fingerprint density at radius 1 is 1.36 bits per heavy atom. The van der Waals surface area contributed by atoms with Gasteiger partial charge in [0.1, 0.15) is 17.0 Å². The zero-order chi connectivity index (χ0) is 20.4. The number of hydrogen-bond donors (Lipinski definition) is 3. The van der Waals surface area contributed by atoms with Crippen LogP contribution in [0.15, 0.2) is 23.0 Å². The van der Waals surface area contributed by atoms with Gasteiger partial charge in [0.05, 0.1) is 18.3 Å². The molecule has 4 rings (SSSR count). The maximum atomic E-state index is 12.4. The molecule has 8 heteroatoms. The standard InChI is InChI=1S/C20H21N3O5/c1-20(2,3)9-8-23-10-6-5-7-11(28-4)14(10)21-17(23)15-12(9)16(24)13(19(26)27)18(25)22-15/h5-7,9H,8H2,1-4H3,(H,26,27)(H2,22,24,25). The monoisotopic (exact) mass is 383 g/mol. The highest BCUT2D eigenvalue weighted by atomic mass is 16.5. The quantitative estimate of drug-likeness (QED) is 0.626. The van der Waals surface area contributed by atoms with Crippen LogP contribution in [0, 0.1) is 5.41 Å². The topological polar surface area (TPSA) is 117 Å². The first-order valence-corrected chi connectivity index (χ1v) is 8.91. The first kappa shape index (κ1) is 18.1. The average molecular weight is 383 g/mol. The van der Waals surface area contributed by atoms with Gasteiger partial charge >= 0.3 is 5.97 Å². The molecule has 146 valence electrons.